The Bertz CT molecular complexity index is 1440. The molecular formula is C28H33B2N3O12S. The number of aliphatic hydroxyl groups is 1. The second kappa shape index (κ2) is 16.5. The molecule has 0 radical (unpaired) electrons. The largest absolute Gasteiger partial charge is 0.618 e. The maximum Gasteiger partial charge on any atom is 0.481 e. The molecule has 0 bridgehead atoms. The van der Waals surface area contributed by atoms with Gasteiger partial charge < -0.3 is 50.1 Å². The lowest BCUT2D eigenvalue weighted by Gasteiger charge is -2.39. The molecule has 0 aromatic carbocycles. The highest BCUT2D eigenvalue weighted by Gasteiger charge is 2.48. The van der Waals surface area contributed by atoms with E-state index in [4.69, 9.17) is 14.0 Å². The Morgan fingerprint density at radius 2 is 1.89 bits per heavy atom. The minimum absolute atomic E-state index is 0.127. The lowest BCUT2D eigenvalue weighted by molar-refractivity contribution is -0.613. The molecule has 6 N–H and O–H groups in total. The van der Waals surface area contributed by atoms with Crippen LogP contribution in [0.2, 0.25) is 0 Å². The zero-order valence-corrected chi connectivity index (χ0v) is 25.3. The fraction of sp³-hybridized carbons (Fsp3) is 0.393. The van der Waals surface area contributed by atoms with Crippen LogP contribution in [0.4, 0.5) is 0 Å². The molecule has 2 aliphatic rings. The molecular weight excluding hydrogens is 624 g/mol. The summed E-state index contributed by atoms with van der Waals surface area (Å²) in [7, 11) is -3.08. The van der Waals surface area contributed by atoms with E-state index < -0.39 is 87.6 Å². The summed E-state index contributed by atoms with van der Waals surface area (Å²) >= 11 is 1.28. The zero-order chi connectivity index (χ0) is 33.2. The molecule has 18 heteroatoms. The van der Waals surface area contributed by atoms with Gasteiger partial charge in [0.2, 0.25) is 11.6 Å². The second-order valence-electron chi connectivity index (χ2n) is 10.6. The number of rotatable bonds is 13. The Kier molecular flexibility index (Phi) is 12.5. The molecule has 2 amide bonds. The van der Waals surface area contributed by atoms with E-state index in [2.05, 4.69) is 10.6 Å². The fourth-order valence-corrected chi connectivity index (χ4v) is 5.91. The van der Waals surface area contributed by atoms with E-state index in [1.165, 1.54) is 41.8 Å². The van der Waals surface area contributed by atoms with Crippen LogP contribution in [0.5, 0.6) is 0 Å². The van der Waals surface area contributed by atoms with Crippen molar-refractivity contribution in [2.24, 2.45) is 0 Å². The monoisotopic (exact) mass is 657 g/mol. The van der Waals surface area contributed by atoms with E-state index in [1.807, 2.05) is 0 Å². The predicted octanol–water partition coefficient (Wildman–Crippen LogP) is -0.515. The lowest BCUT2D eigenvalue weighted by atomic mass is 9.68. The van der Waals surface area contributed by atoms with Gasteiger partial charge in [0.1, 0.15) is 6.42 Å². The van der Waals surface area contributed by atoms with E-state index in [0.717, 1.165) is 0 Å². The fourth-order valence-electron chi connectivity index (χ4n) is 5.15. The number of aromatic nitrogens is 1. The number of carbonyl (C=O) groups excluding carboxylic acids is 2. The van der Waals surface area contributed by atoms with E-state index >= 15 is 0 Å². The topological polar surface area (TPSA) is 228 Å². The smallest absolute Gasteiger partial charge is 0.481 e. The molecule has 4 rings (SSSR count). The van der Waals surface area contributed by atoms with Crippen molar-refractivity contribution in [2.75, 3.05) is 6.61 Å². The van der Waals surface area contributed by atoms with Gasteiger partial charge in [-0.1, -0.05) is 18.2 Å². The van der Waals surface area contributed by atoms with Crippen molar-refractivity contribution in [1.29, 1.82) is 0 Å². The standard InChI is InChI=1S/C28H33B2N3O12S/c34-11-9-20(22-7-4-12-46-22)28(40)31-23-8-3-6-18(15-25(36)37)44-30(23)45-21-14-19(16-26(38)39)43-29(41)27(21)32-24(35)13-17-5-1-2-10-33(17)42/h1-7,9-10,12,18-19,21,23,27,34,41H,8,11,13-16H2,(H,31,40)(H,32,35)(H,36,37)(H,38,39)/b20-9-/t18-,19+,21?,23+,27+/m1/s1. The first-order valence-electron chi connectivity index (χ1n) is 14.4. The summed E-state index contributed by atoms with van der Waals surface area (Å²) in [6.07, 6.45) is 1.25. The summed E-state index contributed by atoms with van der Waals surface area (Å²) in [5.41, 5.74) is 0.318. The number of carboxylic acids is 2. The number of aliphatic carboxylic acids is 2. The number of carbonyl (C=O) groups is 4. The summed E-state index contributed by atoms with van der Waals surface area (Å²) in [5.74, 6) is -5.81. The second-order valence-corrected chi connectivity index (χ2v) is 11.6. The van der Waals surface area contributed by atoms with Crippen LogP contribution in [0.3, 0.4) is 0 Å². The molecule has 2 aromatic rings. The Morgan fingerprint density at radius 3 is 2.57 bits per heavy atom. The average molecular weight is 657 g/mol. The minimum Gasteiger partial charge on any atom is -0.618 e. The number of nitrogens with zero attached hydrogens (tertiary/aromatic N) is 1. The first-order valence-corrected chi connectivity index (χ1v) is 15.3. The summed E-state index contributed by atoms with van der Waals surface area (Å²) in [5, 5.41) is 58.5. The molecule has 15 nitrogen and oxygen atoms in total. The summed E-state index contributed by atoms with van der Waals surface area (Å²) in [6.45, 7) is -0.413. The molecule has 5 atom stereocenters. The molecule has 1 fully saturated rings. The van der Waals surface area contributed by atoms with Crippen LogP contribution in [0, 0.1) is 5.21 Å². The predicted molar refractivity (Wildman–Crippen MR) is 164 cm³/mol. The number of thiophene rings is 1. The van der Waals surface area contributed by atoms with Crippen LogP contribution < -0.4 is 15.4 Å². The molecule has 244 valence electrons. The van der Waals surface area contributed by atoms with Gasteiger partial charge in [0.05, 0.1) is 55.2 Å². The van der Waals surface area contributed by atoms with E-state index in [1.54, 1.807) is 29.7 Å². The first-order chi connectivity index (χ1) is 22.0. The minimum atomic E-state index is -1.73. The van der Waals surface area contributed by atoms with Crippen molar-refractivity contribution in [2.45, 2.75) is 62.3 Å². The first kappa shape index (κ1) is 34.8. The van der Waals surface area contributed by atoms with Crippen molar-refractivity contribution in [3.8, 4) is 0 Å². The normalized spacial score (nSPS) is 23.4. The molecule has 1 unspecified atom stereocenters. The Morgan fingerprint density at radius 1 is 1.11 bits per heavy atom. The SMILES string of the molecule is O=C(O)C[C@@H]1CC(OB2O[C@@H](CC(=O)O)C=CC[C@@H]2NC(=O)/C(=C\CO)c2cccs2)[C@H](NC(=O)Cc2cccc[n+]2[O-])B(O)O1. The molecule has 2 aliphatic heterocycles. The summed E-state index contributed by atoms with van der Waals surface area (Å²) < 4.78 is 18.3. The van der Waals surface area contributed by atoms with E-state index in [-0.39, 0.29) is 30.5 Å². The van der Waals surface area contributed by atoms with Crippen molar-refractivity contribution in [1.82, 2.24) is 10.6 Å². The molecule has 2 aromatic heterocycles. The van der Waals surface area contributed by atoms with Crippen LogP contribution in [0.15, 0.2) is 60.1 Å². The van der Waals surface area contributed by atoms with Gasteiger partial charge in [-0.05, 0) is 36.4 Å². The number of pyridine rings is 1. The van der Waals surface area contributed by atoms with Crippen molar-refractivity contribution in [3.63, 3.8) is 0 Å². The van der Waals surface area contributed by atoms with Gasteiger partial charge in [0, 0.05) is 17.0 Å². The molecule has 0 aliphatic carbocycles. The maximum absolute atomic E-state index is 13.4. The number of amides is 2. The van der Waals surface area contributed by atoms with Crippen LogP contribution in [0.1, 0.15) is 36.3 Å². The highest BCUT2D eigenvalue weighted by atomic mass is 32.1. The summed E-state index contributed by atoms with van der Waals surface area (Å²) in [4.78, 5) is 50.0. The quantitative estimate of drug-likeness (QED) is 0.0526. The number of aliphatic hydroxyl groups excluding tert-OH is 1. The van der Waals surface area contributed by atoms with Gasteiger partial charge >= 0.3 is 26.2 Å². The third-order valence-corrected chi connectivity index (χ3v) is 8.12. The van der Waals surface area contributed by atoms with Gasteiger partial charge in [0.25, 0.3) is 5.91 Å². The van der Waals surface area contributed by atoms with Crippen molar-refractivity contribution < 1.29 is 58.2 Å². The van der Waals surface area contributed by atoms with Crippen LogP contribution >= 0.6 is 11.3 Å². The third kappa shape index (κ3) is 9.72. The zero-order valence-electron chi connectivity index (χ0n) is 24.5. The Labute approximate surface area is 268 Å². The van der Waals surface area contributed by atoms with Crippen molar-refractivity contribution in [3.05, 3.63) is 75.9 Å². The number of carboxylic acid groups (broad SMARTS) is 2. The molecule has 0 saturated carbocycles. The Balaban J connectivity index is 1.60. The highest BCUT2D eigenvalue weighted by Crippen LogP contribution is 2.26. The lowest BCUT2D eigenvalue weighted by Crippen LogP contribution is -2.63. The molecule has 0 spiro atoms. The van der Waals surface area contributed by atoms with Gasteiger partial charge in [0.15, 0.2) is 6.20 Å². The van der Waals surface area contributed by atoms with Gasteiger partial charge in [-0.25, -0.2) is 0 Å². The third-order valence-electron chi connectivity index (χ3n) is 7.22. The van der Waals surface area contributed by atoms with Crippen LogP contribution in [0.25, 0.3) is 5.57 Å². The maximum atomic E-state index is 13.4. The molecule has 4 heterocycles. The summed E-state index contributed by atoms with van der Waals surface area (Å²) in [6, 6.07) is 7.98. The number of hydrogen-bond donors (Lipinski definition) is 6. The Hall–Kier alpha value is -4.06. The van der Waals surface area contributed by atoms with Gasteiger partial charge in [-0.15, -0.1) is 11.3 Å². The number of nitrogens with one attached hydrogen (secondary N) is 2. The van der Waals surface area contributed by atoms with Crippen LogP contribution in [-0.2, 0) is 39.6 Å². The number of hydrogen-bond acceptors (Lipinski definition) is 11. The van der Waals surface area contributed by atoms with Gasteiger partial charge in [-0.2, -0.15) is 4.73 Å². The molecule has 46 heavy (non-hydrogen) atoms. The average Bonchev–Trinajstić information content (AvgIpc) is 3.45. The molecule has 1 saturated heterocycles. The highest BCUT2D eigenvalue weighted by molar-refractivity contribution is 7.11. The van der Waals surface area contributed by atoms with Gasteiger partial charge in [-0.3, -0.25) is 19.2 Å². The van der Waals surface area contributed by atoms with E-state index in [9.17, 15) is 44.7 Å². The van der Waals surface area contributed by atoms with Crippen LogP contribution in [-0.4, -0.2) is 95.1 Å². The van der Waals surface area contributed by atoms with Crippen molar-refractivity contribution >= 4 is 54.9 Å². The van der Waals surface area contributed by atoms with E-state index in [0.29, 0.717) is 9.61 Å².